The van der Waals surface area contributed by atoms with Crippen molar-refractivity contribution in [3.63, 3.8) is 0 Å². The van der Waals surface area contributed by atoms with Crippen molar-refractivity contribution in [2.75, 3.05) is 19.7 Å². The SMILES string of the molecule is CCc1nn(C)c(CC)c1S(=O)(=O)N1CCOC(c2cnn(C)c2)C1. The van der Waals surface area contributed by atoms with Gasteiger partial charge in [0.15, 0.2) is 0 Å². The van der Waals surface area contributed by atoms with E-state index in [0.29, 0.717) is 36.6 Å². The van der Waals surface area contributed by atoms with E-state index in [0.717, 1.165) is 11.3 Å². The molecule has 1 aliphatic heterocycles. The van der Waals surface area contributed by atoms with Gasteiger partial charge in [0.2, 0.25) is 10.0 Å². The first-order chi connectivity index (χ1) is 11.9. The number of aryl methyl sites for hydroxylation is 3. The third-order valence-electron chi connectivity index (χ3n) is 4.58. The summed E-state index contributed by atoms with van der Waals surface area (Å²) in [6.07, 6.45) is 4.48. The fraction of sp³-hybridized carbons (Fsp3) is 0.625. The second-order valence-corrected chi connectivity index (χ2v) is 8.10. The molecule has 9 heteroatoms. The van der Waals surface area contributed by atoms with Crippen LogP contribution >= 0.6 is 0 Å². The summed E-state index contributed by atoms with van der Waals surface area (Å²) in [5, 5.41) is 8.56. The number of hydrogen-bond donors (Lipinski definition) is 0. The van der Waals surface area contributed by atoms with Crippen LogP contribution in [0.5, 0.6) is 0 Å². The van der Waals surface area contributed by atoms with E-state index in [1.807, 2.05) is 27.1 Å². The molecule has 0 amide bonds. The van der Waals surface area contributed by atoms with Crippen LogP contribution in [0.25, 0.3) is 0 Å². The molecule has 2 aromatic heterocycles. The van der Waals surface area contributed by atoms with Gasteiger partial charge in [-0.2, -0.15) is 14.5 Å². The first kappa shape index (κ1) is 18.1. The Balaban J connectivity index is 1.95. The average Bonchev–Trinajstić information content (AvgIpc) is 3.18. The largest absolute Gasteiger partial charge is 0.371 e. The van der Waals surface area contributed by atoms with Gasteiger partial charge >= 0.3 is 0 Å². The second-order valence-electron chi connectivity index (χ2n) is 6.22. The minimum atomic E-state index is -3.62. The number of morpholine rings is 1. The Labute approximate surface area is 148 Å². The topological polar surface area (TPSA) is 82.2 Å². The fourth-order valence-corrected chi connectivity index (χ4v) is 5.26. The van der Waals surface area contributed by atoms with Gasteiger partial charge in [-0.15, -0.1) is 0 Å². The first-order valence-electron chi connectivity index (χ1n) is 8.53. The number of nitrogens with zero attached hydrogens (tertiary/aromatic N) is 5. The highest BCUT2D eigenvalue weighted by atomic mass is 32.2. The third kappa shape index (κ3) is 3.23. The van der Waals surface area contributed by atoms with Crippen molar-refractivity contribution in [2.45, 2.75) is 37.7 Å². The number of ether oxygens (including phenoxy) is 1. The predicted octanol–water partition coefficient (Wildman–Crippen LogP) is 1.04. The zero-order chi connectivity index (χ0) is 18.2. The standard InChI is InChI=1S/C16H25N5O3S/c1-5-13-16(14(6-2)20(4)18-13)25(22,23)21-7-8-24-15(11-21)12-9-17-19(3)10-12/h9-10,15H,5-8,11H2,1-4H3. The molecule has 3 rings (SSSR count). The van der Waals surface area contributed by atoms with Gasteiger partial charge in [-0.25, -0.2) is 8.42 Å². The Kier molecular flexibility index (Phi) is 4.99. The van der Waals surface area contributed by atoms with Crippen LogP contribution in [0.2, 0.25) is 0 Å². The molecular weight excluding hydrogens is 342 g/mol. The van der Waals surface area contributed by atoms with Gasteiger partial charge in [0.05, 0.1) is 30.3 Å². The zero-order valence-corrected chi connectivity index (χ0v) is 16.0. The molecule has 138 valence electrons. The van der Waals surface area contributed by atoms with E-state index in [-0.39, 0.29) is 12.6 Å². The Morgan fingerprint density at radius 1 is 1.28 bits per heavy atom. The molecule has 25 heavy (non-hydrogen) atoms. The molecule has 1 saturated heterocycles. The zero-order valence-electron chi connectivity index (χ0n) is 15.1. The van der Waals surface area contributed by atoms with Crippen LogP contribution < -0.4 is 0 Å². The molecule has 0 aromatic carbocycles. The lowest BCUT2D eigenvalue weighted by atomic mass is 10.2. The first-order valence-corrected chi connectivity index (χ1v) is 9.97. The molecule has 1 fully saturated rings. The molecule has 3 heterocycles. The average molecular weight is 367 g/mol. The number of hydrogen-bond acceptors (Lipinski definition) is 5. The summed E-state index contributed by atoms with van der Waals surface area (Å²) < 4.78 is 37.3. The highest BCUT2D eigenvalue weighted by Gasteiger charge is 2.36. The van der Waals surface area contributed by atoms with E-state index in [9.17, 15) is 8.42 Å². The Morgan fingerprint density at radius 2 is 2.04 bits per heavy atom. The van der Waals surface area contributed by atoms with Crippen LogP contribution in [0.3, 0.4) is 0 Å². The minimum absolute atomic E-state index is 0.287. The molecule has 0 spiro atoms. The molecule has 8 nitrogen and oxygen atoms in total. The van der Waals surface area contributed by atoms with Crippen molar-refractivity contribution in [3.8, 4) is 0 Å². The molecular formula is C16H25N5O3S. The van der Waals surface area contributed by atoms with E-state index in [4.69, 9.17) is 4.74 Å². The number of rotatable bonds is 5. The summed E-state index contributed by atoms with van der Waals surface area (Å²) in [5.74, 6) is 0. The molecule has 0 bridgehead atoms. The van der Waals surface area contributed by atoms with Crippen molar-refractivity contribution >= 4 is 10.0 Å². The minimum Gasteiger partial charge on any atom is -0.371 e. The van der Waals surface area contributed by atoms with E-state index in [2.05, 4.69) is 10.2 Å². The van der Waals surface area contributed by atoms with Gasteiger partial charge in [-0.1, -0.05) is 13.8 Å². The second kappa shape index (κ2) is 6.89. The summed E-state index contributed by atoms with van der Waals surface area (Å²) >= 11 is 0. The van der Waals surface area contributed by atoms with E-state index >= 15 is 0 Å². The maximum absolute atomic E-state index is 13.3. The number of aromatic nitrogens is 4. The fourth-order valence-electron chi connectivity index (χ4n) is 3.30. The summed E-state index contributed by atoms with van der Waals surface area (Å²) in [6, 6.07) is 0. The molecule has 1 unspecified atom stereocenters. The highest BCUT2D eigenvalue weighted by Crippen LogP contribution is 2.29. The van der Waals surface area contributed by atoms with Gasteiger partial charge < -0.3 is 4.74 Å². The Bertz CT molecular complexity index is 855. The maximum Gasteiger partial charge on any atom is 0.246 e. The van der Waals surface area contributed by atoms with Gasteiger partial charge in [-0.05, 0) is 12.8 Å². The summed E-state index contributed by atoms with van der Waals surface area (Å²) in [7, 11) is 0.0132. The molecule has 0 aliphatic carbocycles. The lowest BCUT2D eigenvalue weighted by Crippen LogP contribution is -2.42. The van der Waals surface area contributed by atoms with Crippen molar-refractivity contribution in [2.24, 2.45) is 14.1 Å². The molecule has 1 aliphatic rings. The third-order valence-corrected chi connectivity index (χ3v) is 6.58. The Hall–Kier alpha value is -1.71. The monoisotopic (exact) mass is 367 g/mol. The molecule has 1 atom stereocenters. The van der Waals surface area contributed by atoms with Crippen molar-refractivity contribution in [1.29, 1.82) is 0 Å². The molecule has 2 aromatic rings. The van der Waals surface area contributed by atoms with Crippen LogP contribution in [0, 0.1) is 0 Å². The molecule has 0 radical (unpaired) electrons. The van der Waals surface area contributed by atoms with E-state index in [1.165, 1.54) is 4.31 Å². The quantitative estimate of drug-likeness (QED) is 0.789. The maximum atomic E-state index is 13.3. The van der Waals surface area contributed by atoms with E-state index in [1.54, 1.807) is 22.6 Å². The predicted molar refractivity (Wildman–Crippen MR) is 92.6 cm³/mol. The molecule has 0 N–H and O–H groups in total. The van der Waals surface area contributed by atoms with Crippen molar-refractivity contribution in [1.82, 2.24) is 23.9 Å². The summed E-state index contributed by atoms with van der Waals surface area (Å²) in [6.45, 7) is 4.88. The van der Waals surface area contributed by atoms with Crippen LogP contribution in [0.1, 0.15) is 36.9 Å². The van der Waals surface area contributed by atoms with Crippen LogP contribution in [-0.4, -0.2) is 52.0 Å². The van der Waals surface area contributed by atoms with Crippen molar-refractivity contribution < 1.29 is 13.2 Å². The number of sulfonamides is 1. The van der Waals surface area contributed by atoms with Crippen LogP contribution in [-0.2, 0) is 41.7 Å². The van der Waals surface area contributed by atoms with Gasteiger partial charge in [0.1, 0.15) is 4.90 Å². The highest BCUT2D eigenvalue weighted by molar-refractivity contribution is 7.89. The van der Waals surface area contributed by atoms with Crippen LogP contribution in [0.4, 0.5) is 0 Å². The van der Waals surface area contributed by atoms with Gasteiger partial charge in [0, 0.05) is 38.9 Å². The summed E-state index contributed by atoms with van der Waals surface area (Å²) in [5.41, 5.74) is 2.27. The Morgan fingerprint density at radius 3 is 2.64 bits per heavy atom. The summed E-state index contributed by atoms with van der Waals surface area (Å²) in [4.78, 5) is 0.367. The lowest BCUT2D eigenvalue weighted by Gasteiger charge is -2.32. The van der Waals surface area contributed by atoms with Gasteiger partial charge in [-0.3, -0.25) is 9.36 Å². The smallest absolute Gasteiger partial charge is 0.246 e. The van der Waals surface area contributed by atoms with Crippen molar-refractivity contribution in [3.05, 3.63) is 29.3 Å². The lowest BCUT2D eigenvalue weighted by molar-refractivity contribution is -0.00262. The molecule has 0 saturated carbocycles. The normalized spacial score (nSPS) is 19.4. The van der Waals surface area contributed by atoms with Gasteiger partial charge in [0.25, 0.3) is 0 Å². The van der Waals surface area contributed by atoms with E-state index < -0.39 is 10.0 Å². The van der Waals surface area contributed by atoms with Crippen LogP contribution in [0.15, 0.2) is 17.3 Å².